The molecule has 0 bridgehead atoms. The van der Waals surface area contributed by atoms with E-state index in [9.17, 15) is 19.5 Å². The highest BCUT2D eigenvalue weighted by atomic mass is 16.6. The molecule has 0 aromatic heterocycles. The van der Waals surface area contributed by atoms with E-state index in [1.54, 1.807) is 24.3 Å². The molecular weight excluding hydrogens is 444 g/mol. The number of rotatable bonds is 11. The highest BCUT2D eigenvalue weighted by molar-refractivity contribution is 6.18. The summed E-state index contributed by atoms with van der Waals surface area (Å²) in [5.74, 6) is -1.75. The first kappa shape index (κ1) is 25.2. The lowest BCUT2D eigenvalue weighted by atomic mass is 9.81. The van der Waals surface area contributed by atoms with Crippen molar-refractivity contribution in [2.45, 2.75) is 31.5 Å². The van der Waals surface area contributed by atoms with Gasteiger partial charge in [0.05, 0.1) is 34.5 Å². The second-order valence-corrected chi connectivity index (χ2v) is 7.68. The van der Waals surface area contributed by atoms with Gasteiger partial charge < -0.3 is 28.8 Å². The van der Waals surface area contributed by atoms with Gasteiger partial charge in [0.1, 0.15) is 11.5 Å². The Hall–Kier alpha value is -3.43. The van der Waals surface area contributed by atoms with Crippen molar-refractivity contribution in [1.29, 1.82) is 0 Å². The summed E-state index contributed by atoms with van der Waals surface area (Å²) in [7, 11) is 4.14. The van der Waals surface area contributed by atoms with Gasteiger partial charge in [0.15, 0.2) is 5.78 Å². The highest BCUT2D eigenvalue weighted by Crippen LogP contribution is 2.40. The van der Waals surface area contributed by atoms with Gasteiger partial charge in [-0.1, -0.05) is 0 Å². The normalized spacial score (nSPS) is 18.6. The average molecular weight is 472 g/mol. The maximum atomic E-state index is 13.2. The van der Waals surface area contributed by atoms with Crippen LogP contribution in [-0.2, 0) is 28.5 Å². The van der Waals surface area contributed by atoms with E-state index >= 15 is 0 Å². The van der Waals surface area contributed by atoms with Crippen molar-refractivity contribution in [3.8, 4) is 5.75 Å². The number of carbonyl (C=O) groups excluding carboxylic acids is 3. The lowest BCUT2D eigenvalue weighted by Gasteiger charge is -2.30. The van der Waals surface area contributed by atoms with Gasteiger partial charge >= 0.3 is 11.9 Å². The predicted molar refractivity (Wildman–Crippen MR) is 121 cm³/mol. The van der Waals surface area contributed by atoms with Crippen LogP contribution in [-0.4, -0.2) is 63.2 Å². The van der Waals surface area contributed by atoms with E-state index < -0.39 is 5.79 Å². The molecule has 34 heavy (non-hydrogen) atoms. The van der Waals surface area contributed by atoms with Crippen LogP contribution in [0.3, 0.4) is 0 Å². The van der Waals surface area contributed by atoms with Crippen LogP contribution in [0.5, 0.6) is 5.75 Å². The molecule has 2 aliphatic rings. The Bertz CT molecular complexity index is 1050. The van der Waals surface area contributed by atoms with Gasteiger partial charge in [-0.15, -0.1) is 0 Å². The zero-order chi connectivity index (χ0) is 24.7. The van der Waals surface area contributed by atoms with Crippen molar-refractivity contribution < 1.29 is 43.2 Å². The summed E-state index contributed by atoms with van der Waals surface area (Å²) in [5.41, 5.74) is 1.75. The Labute approximate surface area is 197 Å². The SMILES string of the molecule is COC(=O)CCCOc1ccc2c(c1)C(OC)=C1C=CC(O)(OCCCC(=O)OC)C=C1C2=O. The number of hydrogen-bond donors (Lipinski definition) is 1. The molecular formula is C25H28O9. The molecule has 0 amide bonds. The summed E-state index contributed by atoms with van der Waals surface area (Å²) < 4.78 is 26.1. The third-order valence-corrected chi connectivity index (χ3v) is 5.41. The van der Waals surface area contributed by atoms with Gasteiger partial charge in [0, 0.05) is 35.1 Å². The summed E-state index contributed by atoms with van der Waals surface area (Å²) in [6, 6.07) is 5.02. The fourth-order valence-corrected chi connectivity index (χ4v) is 3.67. The first-order chi connectivity index (χ1) is 16.3. The molecule has 0 spiro atoms. The first-order valence-corrected chi connectivity index (χ1v) is 10.8. The summed E-state index contributed by atoms with van der Waals surface area (Å²) in [4.78, 5) is 35.7. The second-order valence-electron chi connectivity index (χ2n) is 7.68. The minimum Gasteiger partial charge on any atom is -0.495 e. The van der Waals surface area contributed by atoms with Crippen LogP contribution in [0.15, 0.2) is 47.6 Å². The molecule has 9 nitrogen and oxygen atoms in total. The van der Waals surface area contributed by atoms with Crippen molar-refractivity contribution in [2.24, 2.45) is 0 Å². The highest BCUT2D eigenvalue weighted by Gasteiger charge is 2.36. The monoisotopic (exact) mass is 472 g/mol. The molecule has 1 atom stereocenters. The molecule has 1 unspecified atom stereocenters. The van der Waals surface area contributed by atoms with E-state index in [0.29, 0.717) is 47.7 Å². The summed E-state index contributed by atoms with van der Waals surface area (Å²) in [5, 5.41) is 10.8. The Kier molecular flexibility index (Phi) is 8.25. The van der Waals surface area contributed by atoms with Crippen LogP contribution in [0.1, 0.15) is 41.6 Å². The van der Waals surface area contributed by atoms with E-state index in [4.69, 9.17) is 14.2 Å². The minimum absolute atomic E-state index is 0.0946. The second kappa shape index (κ2) is 11.1. The van der Waals surface area contributed by atoms with E-state index in [0.717, 1.165) is 0 Å². The Morgan fingerprint density at radius 3 is 2.29 bits per heavy atom. The molecule has 0 heterocycles. The van der Waals surface area contributed by atoms with E-state index in [1.807, 2.05) is 0 Å². The molecule has 2 aliphatic carbocycles. The molecule has 182 valence electrons. The third-order valence-electron chi connectivity index (χ3n) is 5.41. The van der Waals surface area contributed by atoms with E-state index in [2.05, 4.69) is 9.47 Å². The maximum absolute atomic E-state index is 13.2. The van der Waals surface area contributed by atoms with Crippen LogP contribution < -0.4 is 4.74 Å². The molecule has 3 rings (SSSR count). The van der Waals surface area contributed by atoms with Crippen LogP contribution in [0.25, 0.3) is 5.76 Å². The fourth-order valence-electron chi connectivity index (χ4n) is 3.67. The topological polar surface area (TPSA) is 118 Å². The first-order valence-electron chi connectivity index (χ1n) is 10.8. The standard InChI is InChI=1S/C25H28O9/c1-30-21(26)6-4-12-33-16-8-9-17-19(14-16)24(32-3)18-10-11-25(29,15-20(18)23(17)28)34-13-5-7-22(27)31-2/h8-11,14-15,29H,4-7,12-13H2,1-3H3. The van der Waals surface area contributed by atoms with Gasteiger partial charge in [-0.2, -0.15) is 0 Å². The molecule has 0 fully saturated rings. The zero-order valence-electron chi connectivity index (χ0n) is 19.4. The zero-order valence-corrected chi connectivity index (χ0v) is 19.4. The van der Waals surface area contributed by atoms with Gasteiger partial charge in [-0.25, -0.2) is 0 Å². The van der Waals surface area contributed by atoms with E-state index in [-0.39, 0.29) is 42.7 Å². The van der Waals surface area contributed by atoms with Gasteiger partial charge in [-0.3, -0.25) is 14.4 Å². The quantitative estimate of drug-likeness (QED) is 0.295. The van der Waals surface area contributed by atoms with E-state index in [1.165, 1.54) is 33.5 Å². The van der Waals surface area contributed by atoms with Gasteiger partial charge in [0.25, 0.3) is 0 Å². The summed E-state index contributed by atoms with van der Waals surface area (Å²) in [6.07, 6.45) is 5.62. The smallest absolute Gasteiger partial charge is 0.305 e. The fraction of sp³-hybridized carbons (Fsp3) is 0.400. The Balaban J connectivity index is 1.77. The van der Waals surface area contributed by atoms with Crippen molar-refractivity contribution in [2.75, 3.05) is 34.5 Å². The lowest BCUT2D eigenvalue weighted by molar-refractivity contribution is -0.145. The third kappa shape index (κ3) is 5.73. The van der Waals surface area contributed by atoms with Crippen molar-refractivity contribution in [3.63, 3.8) is 0 Å². The predicted octanol–water partition coefficient (Wildman–Crippen LogP) is 2.73. The number of esters is 2. The number of benzene rings is 1. The number of methoxy groups -OCH3 is 3. The number of allylic oxidation sites excluding steroid dienone is 3. The lowest BCUT2D eigenvalue weighted by Crippen LogP contribution is -2.32. The molecule has 0 radical (unpaired) electrons. The number of Topliss-reactive ketones (excluding diaryl/α,β-unsaturated/α-hetero) is 1. The Morgan fingerprint density at radius 2 is 1.65 bits per heavy atom. The van der Waals surface area contributed by atoms with Gasteiger partial charge in [-0.05, 0) is 49.3 Å². The largest absolute Gasteiger partial charge is 0.495 e. The minimum atomic E-state index is -1.79. The number of ether oxygens (including phenoxy) is 5. The average Bonchev–Trinajstić information content (AvgIpc) is 2.84. The number of hydrogen-bond acceptors (Lipinski definition) is 9. The van der Waals surface area contributed by atoms with Crippen LogP contribution in [0.4, 0.5) is 0 Å². The number of aliphatic hydroxyl groups is 1. The molecule has 0 aliphatic heterocycles. The van der Waals surface area contributed by atoms with Crippen LogP contribution in [0, 0.1) is 0 Å². The molecule has 0 saturated heterocycles. The molecule has 1 aromatic rings. The number of carbonyl (C=O) groups is 3. The summed E-state index contributed by atoms with van der Waals surface area (Å²) >= 11 is 0. The van der Waals surface area contributed by atoms with Gasteiger partial charge in [0.2, 0.25) is 5.79 Å². The molecule has 9 heteroatoms. The molecule has 0 saturated carbocycles. The Morgan fingerprint density at radius 1 is 0.971 bits per heavy atom. The summed E-state index contributed by atoms with van der Waals surface area (Å²) in [6.45, 7) is 0.406. The maximum Gasteiger partial charge on any atom is 0.305 e. The van der Waals surface area contributed by atoms with Crippen molar-refractivity contribution >= 4 is 23.5 Å². The van der Waals surface area contributed by atoms with Crippen molar-refractivity contribution in [3.05, 3.63) is 58.7 Å². The number of fused-ring (bicyclic) bond motifs is 2. The molecule has 1 aromatic carbocycles. The van der Waals surface area contributed by atoms with Crippen LogP contribution >= 0.6 is 0 Å². The van der Waals surface area contributed by atoms with Crippen LogP contribution in [0.2, 0.25) is 0 Å². The molecule has 1 N–H and O–H groups in total. The van der Waals surface area contributed by atoms with Crippen molar-refractivity contribution in [1.82, 2.24) is 0 Å². The number of ketones is 1.